The average molecular weight is 297 g/mol. The number of carbonyl (C=O) groups is 1. The first-order valence-electron chi connectivity index (χ1n) is 6.85. The summed E-state index contributed by atoms with van der Waals surface area (Å²) in [6, 6.07) is 14.8. The topological polar surface area (TPSA) is 53.9 Å². The zero-order valence-electron chi connectivity index (χ0n) is 12.9. The van der Waals surface area contributed by atoms with Gasteiger partial charge in [0, 0.05) is 30.9 Å². The molecule has 0 aromatic heterocycles. The third kappa shape index (κ3) is 3.85. The van der Waals surface area contributed by atoms with Crippen LogP contribution >= 0.6 is 0 Å². The molecule has 0 saturated carbocycles. The summed E-state index contributed by atoms with van der Waals surface area (Å²) in [6.07, 6.45) is 1.56. The summed E-state index contributed by atoms with van der Waals surface area (Å²) >= 11 is 0. The average Bonchev–Trinajstić information content (AvgIpc) is 2.55. The largest absolute Gasteiger partial charge is 0.496 e. The molecule has 114 valence electrons. The molecule has 22 heavy (non-hydrogen) atoms. The molecule has 0 saturated heterocycles. The first-order valence-corrected chi connectivity index (χ1v) is 6.85. The zero-order valence-corrected chi connectivity index (χ0v) is 12.9. The Morgan fingerprint density at radius 3 is 2.45 bits per heavy atom. The summed E-state index contributed by atoms with van der Waals surface area (Å²) in [7, 11) is 5.50. The second kappa shape index (κ2) is 7.26. The first kappa shape index (κ1) is 15.6. The van der Waals surface area contributed by atoms with Gasteiger partial charge in [-0.25, -0.2) is 5.43 Å². The van der Waals surface area contributed by atoms with Gasteiger partial charge in [0.25, 0.3) is 5.91 Å². The van der Waals surface area contributed by atoms with Crippen molar-refractivity contribution in [1.82, 2.24) is 5.43 Å². The summed E-state index contributed by atoms with van der Waals surface area (Å²) in [5, 5.41) is 3.97. The van der Waals surface area contributed by atoms with Crippen LogP contribution in [0.3, 0.4) is 0 Å². The van der Waals surface area contributed by atoms with Crippen LogP contribution in [-0.2, 0) is 0 Å². The molecule has 0 bridgehead atoms. The molecule has 2 rings (SSSR count). The van der Waals surface area contributed by atoms with Crippen LogP contribution in [0.15, 0.2) is 53.6 Å². The molecule has 2 aromatic carbocycles. The number of rotatable bonds is 5. The van der Waals surface area contributed by atoms with Gasteiger partial charge < -0.3 is 9.64 Å². The van der Waals surface area contributed by atoms with Crippen LogP contribution < -0.4 is 15.1 Å². The Bertz CT molecular complexity index is 664. The molecule has 0 atom stereocenters. The number of nitrogens with one attached hydrogen (secondary N) is 1. The van der Waals surface area contributed by atoms with Gasteiger partial charge in [0.1, 0.15) is 5.75 Å². The number of methoxy groups -OCH3 is 1. The summed E-state index contributed by atoms with van der Waals surface area (Å²) in [5.41, 5.74) is 4.90. The molecule has 0 unspecified atom stereocenters. The fourth-order valence-corrected chi connectivity index (χ4v) is 1.91. The number of para-hydroxylation sites is 1. The maximum Gasteiger partial charge on any atom is 0.271 e. The first-order chi connectivity index (χ1) is 10.6. The van der Waals surface area contributed by atoms with E-state index < -0.39 is 0 Å². The number of ether oxygens (including phenoxy) is 1. The third-order valence-corrected chi connectivity index (χ3v) is 3.15. The maximum absolute atomic E-state index is 12.0. The third-order valence-electron chi connectivity index (χ3n) is 3.15. The number of nitrogens with zero attached hydrogens (tertiary/aromatic N) is 2. The van der Waals surface area contributed by atoms with Crippen molar-refractivity contribution < 1.29 is 9.53 Å². The van der Waals surface area contributed by atoms with Crippen molar-refractivity contribution in [3.05, 3.63) is 59.7 Å². The van der Waals surface area contributed by atoms with E-state index in [1.54, 1.807) is 25.5 Å². The molecular formula is C17H19N3O2. The van der Waals surface area contributed by atoms with Crippen molar-refractivity contribution in [2.75, 3.05) is 26.1 Å². The Morgan fingerprint density at radius 1 is 1.14 bits per heavy atom. The lowest BCUT2D eigenvalue weighted by molar-refractivity contribution is 0.0955. The molecule has 0 aliphatic heterocycles. The number of benzene rings is 2. The number of amides is 1. The highest BCUT2D eigenvalue weighted by Crippen LogP contribution is 2.15. The lowest BCUT2D eigenvalue weighted by Gasteiger charge is -2.12. The van der Waals surface area contributed by atoms with Crippen molar-refractivity contribution >= 4 is 17.8 Å². The van der Waals surface area contributed by atoms with Gasteiger partial charge in [0.2, 0.25) is 0 Å². The molecule has 0 fully saturated rings. The lowest BCUT2D eigenvalue weighted by Crippen LogP contribution is -2.18. The molecule has 0 heterocycles. The smallest absolute Gasteiger partial charge is 0.271 e. The van der Waals surface area contributed by atoms with E-state index in [2.05, 4.69) is 10.5 Å². The quantitative estimate of drug-likeness (QED) is 0.681. The van der Waals surface area contributed by atoms with Crippen molar-refractivity contribution in [1.29, 1.82) is 0 Å². The second-order valence-corrected chi connectivity index (χ2v) is 4.88. The van der Waals surface area contributed by atoms with Gasteiger partial charge in [-0.1, -0.05) is 12.1 Å². The lowest BCUT2D eigenvalue weighted by atomic mass is 10.2. The normalized spacial score (nSPS) is 10.5. The Labute approximate surface area is 130 Å². The summed E-state index contributed by atoms with van der Waals surface area (Å²) in [4.78, 5) is 14.0. The number of anilines is 1. The Morgan fingerprint density at radius 2 is 1.82 bits per heavy atom. The van der Waals surface area contributed by atoms with Crippen LogP contribution in [0, 0.1) is 0 Å². The van der Waals surface area contributed by atoms with Gasteiger partial charge in [-0.15, -0.1) is 0 Å². The Hall–Kier alpha value is -2.82. The van der Waals surface area contributed by atoms with E-state index in [-0.39, 0.29) is 5.91 Å². The Kier molecular flexibility index (Phi) is 5.14. The fourth-order valence-electron chi connectivity index (χ4n) is 1.91. The fraction of sp³-hybridized carbons (Fsp3) is 0.176. The van der Waals surface area contributed by atoms with Gasteiger partial charge in [-0.2, -0.15) is 5.10 Å². The molecule has 2 aromatic rings. The van der Waals surface area contributed by atoms with Crippen LogP contribution in [-0.4, -0.2) is 33.3 Å². The standard InChI is InChI=1S/C17H19N3O2/c1-20(2)15-10-8-13(9-11-15)17(21)19-18-12-14-6-4-5-7-16(14)22-3/h4-12H,1-3H3,(H,19,21). The highest BCUT2D eigenvalue weighted by Gasteiger charge is 2.04. The number of hydrogen-bond donors (Lipinski definition) is 1. The highest BCUT2D eigenvalue weighted by atomic mass is 16.5. The Balaban J connectivity index is 2.01. The summed E-state index contributed by atoms with van der Waals surface area (Å²) in [6.45, 7) is 0. The van der Waals surface area contributed by atoms with E-state index in [0.29, 0.717) is 11.3 Å². The number of hydrogen-bond acceptors (Lipinski definition) is 4. The van der Waals surface area contributed by atoms with Crippen molar-refractivity contribution in [3.8, 4) is 5.75 Å². The van der Waals surface area contributed by atoms with Crippen molar-refractivity contribution in [2.24, 2.45) is 5.10 Å². The van der Waals surface area contributed by atoms with Crippen LogP contribution in [0.5, 0.6) is 5.75 Å². The predicted molar refractivity (Wildman–Crippen MR) is 88.8 cm³/mol. The number of carbonyl (C=O) groups excluding carboxylic acids is 1. The molecule has 5 nitrogen and oxygen atoms in total. The minimum atomic E-state index is -0.253. The van der Waals surface area contributed by atoms with Crippen molar-refractivity contribution in [2.45, 2.75) is 0 Å². The molecule has 0 aliphatic carbocycles. The predicted octanol–water partition coefficient (Wildman–Crippen LogP) is 2.53. The maximum atomic E-state index is 12.0. The van der Waals surface area contributed by atoms with Crippen LogP contribution in [0.4, 0.5) is 5.69 Å². The molecule has 5 heteroatoms. The molecule has 1 amide bonds. The SMILES string of the molecule is COc1ccccc1C=NNC(=O)c1ccc(N(C)C)cc1. The van der Waals surface area contributed by atoms with E-state index in [4.69, 9.17) is 4.74 Å². The molecule has 0 aliphatic rings. The summed E-state index contributed by atoms with van der Waals surface area (Å²) < 4.78 is 5.21. The van der Waals surface area contributed by atoms with Crippen molar-refractivity contribution in [3.63, 3.8) is 0 Å². The summed E-state index contributed by atoms with van der Waals surface area (Å²) in [5.74, 6) is 0.451. The zero-order chi connectivity index (χ0) is 15.9. The minimum Gasteiger partial charge on any atom is -0.496 e. The van der Waals surface area contributed by atoms with E-state index in [1.807, 2.05) is 55.4 Å². The van der Waals surface area contributed by atoms with Crippen LogP contribution in [0.2, 0.25) is 0 Å². The molecule has 1 N–H and O–H groups in total. The van der Waals surface area contributed by atoms with E-state index >= 15 is 0 Å². The highest BCUT2D eigenvalue weighted by molar-refractivity contribution is 5.95. The van der Waals surface area contributed by atoms with Gasteiger partial charge in [-0.3, -0.25) is 4.79 Å². The number of hydrazone groups is 1. The van der Waals surface area contributed by atoms with Gasteiger partial charge >= 0.3 is 0 Å². The van der Waals surface area contributed by atoms with E-state index in [1.165, 1.54) is 0 Å². The van der Waals surface area contributed by atoms with E-state index in [9.17, 15) is 4.79 Å². The van der Waals surface area contributed by atoms with E-state index in [0.717, 1.165) is 11.3 Å². The molecule has 0 spiro atoms. The molecule has 0 radical (unpaired) electrons. The second-order valence-electron chi connectivity index (χ2n) is 4.88. The van der Waals surface area contributed by atoms with Gasteiger partial charge in [-0.05, 0) is 36.4 Å². The van der Waals surface area contributed by atoms with Gasteiger partial charge in [0.05, 0.1) is 13.3 Å². The monoisotopic (exact) mass is 297 g/mol. The minimum absolute atomic E-state index is 0.253. The van der Waals surface area contributed by atoms with Gasteiger partial charge in [0.15, 0.2) is 0 Å². The molecular weight excluding hydrogens is 278 g/mol. The van der Waals surface area contributed by atoms with Crippen LogP contribution in [0.1, 0.15) is 15.9 Å². The van der Waals surface area contributed by atoms with Crippen LogP contribution in [0.25, 0.3) is 0 Å².